The number of carbonyl (C=O) groups is 3. The highest BCUT2D eigenvalue weighted by Crippen LogP contribution is 2.36. The van der Waals surface area contributed by atoms with E-state index in [0.29, 0.717) is 0 Å². The molecule has 2 aliphatic rings. The fourth-order valence-corrected chi connectivity index (χ4v) is 3.14. The Hall–Kier alpha value is -1.76. The minimum Gasteiger partial charge on any atom is -0.320 e. The lowest BCUT2D eigenvalue weighted by molar-refractivity contribution is -0.142. The first-order chi connectivity index (χ1) is 9.84. The summed E-state index contributed by atoms with van der Waals surface area (Å²) >= 11 is 3.09. The van der Waals surface area contributed by atoms with Crippen LogP contribution in [0, 0.1) is 5.82 Å². The maximum Gasteiger partial charge on any atom is 0.255 e. The van der Waals surface area contributed by atoms with Crippen molar-refractivity contribution in [1.82, 2.24) is 10.2 Å². The molecular formula is C14H12BrFN2O3. The number of piperidine rings is 1. The van der Waals surface area contributed by atoms with Gasteiger partial charge < -0.3 is 4.90 Å². The highest BCUT2D eigenvalue weighted by atomic mass is 79.9. The normalized spacial score (nSPS) is 25.1. The second-order valence-corrected chi connectivity index (χ2v) is 6.28. The molecule has 1 unspecified atom stereocenters. The number of halogens is 2. The van der Waals surface area contributed by atoms with Crippen LogP contribution in [-0.2, 0) is 16.1 Å². The quantitative estimate of drug-likeness (QED) is 0.781. The lowest BCUT2D eigenvalue weighted by Gasteiger charge is -2.39. The SMILES string of the molecule is CC1(N2Cc3c(ccc(Br)c3F)C2=O)CCC(=O)NC1=O. The van der Waals surface area contributed by atoms with Gasteiger partial charge in [0.05, 0.1) is 11.0 Å². The Bertz CT molecular complexity index is 691. The fourth-order valence-electron chi connectivity index (χ4n) is 2.77. The number of amides is 3. The second kappa shape index (κ2) is 4.62. The van der Waals surface area contributed by atoms with Crippen LogP contribution in [0.4, 0.5) is 4.39 Å². The molecule has 2 aliphatic heterocycles. The predicted octanol–water partition coefficient (Wildman–Crippen LogP) is 1.74. The van der Waals surface area contributed by atoms with Crippen molar-refractivity contribution >= 4 is 33.7 Å². The van der Waals surface area contributed by atoms with Gasteiger partial charge in [0.1, 0.15) is 11.4 Å². The van der Waals surface area contributed by atoms with E-state index in [1.54, 1.807) is 13.0 Å². The Kier molecular flexibility index (Phi) is 3.12. The topological polar surface area (TPSA) is 66.5 Å². The lowest BCUT2D eigenvalue weighted by Crippen LogP contribution is -2.61. The van der Waals surface area contributed by atoms with Gasteiger partial charge in [-0.25, -0.2) is 4.39 Å². The van der Waals surface area contributed by atoms with Crippen LogP contribution >= 0.6 is 15.9 Å². The number of nitrogens with one attached hydrogen (secondary N) is 1. The lowest BCUT2D eigenvalue weighted by atomic mass is 9.89. The summed E-state index contributed by atoms with van der Waals surface area (Å²) in [6.45, 7) is 1.63. The Morgan fingerprint density at radius 3 is 2.71 bits per heavy atom. The molecule has 3 rings (SSSR count). The smallest absolute Gasteiger partial charge is 0.255 e. The molecule has 7 heteroatoms. The molecule has 0 bridgehead atoms. The molecule has 3 amide bonds. The van der Waals surface area contributed by atoms with Gasteiger partial charge in [-0.1, -0.05) is 0 Å². The number of hydrogen-bond acceptors (Lipinski definition) is 3. The van der Waals surface area contributed by atoms with Crippen molar-refractivity contribution in [3.63, 3.8) is 0 Å². The van der Waals surface area contributed by atoms with Gasteiger partial charge in [-0.15, -0.1) is 0 Å². The summed E-state index contributed by atoms with van der Waals surface area (Å²) < 4.78 is 14.4. The van der Waals surface area contributed by atoms with E-state index >= 15 is 0 Å². The summed E-state index contributed by atoms with van der Waals surface area (Å²) in [6.07, 6.45) is 0.398. The first-order valence-corrected chi connectivity index (χ1v) is 7.27. The zero-order valence-electron chi connectivity index (χ0n) is 11.2. The van der Waals surface area contributed by atoms with Crippen LogP contribution in [0.5, 0.6) is 0 Å². The molecule has 1 N–H and O–H groups in total. The van der Waals surface area contributed by atoms with Crippen LogP contribution in [0.2, 0.25) is 0 Å². The Morgan fingerprint density at radius 2 is 2.05 bits per heavy atom. The standard InChI is InChI=1S/C14H12BrFN2O3/c1-14(5-4-10(19)17-13(14)21)18-6-8-7(12(18)20)2-3-9(15)11(8)16/h2-3H,4-6H2,1H3,(H,17,19,21). The van der Waals surface area contributed by atoms with Gasteiger partial charge in [-0.2, -0.15) is 0 Å². The van der Waals surface area contributed by atoms with Gasteiger partial charge in [-0.05, 0) is 41.4 Å². The number of nitrogens with zero attached hydrogens (tertiary/aromatic N) is 1. The van der Waals surface area contributed by atoms with E-state index in [-0.39, 0.29) is 46.8 Å². The third-order valence-electron chi connectivity index (χ3n) is 4.16. The number of hydrogen-bond donors (Lipinski definition) is 1. The molecule has 0 spiro atoms. The van der Waals surface area contributed by atoms with Crippen molar-refractivity contribution in [1.29, 1.82) is 0 Å². The predicted molar refractivity (Wildman–Crippen MR) is 74.8 cm³/mol. The van der Waals surface area contributed by atoms with Gasteiger partial charge in [0.15, 0.2) is 0 Å². The molecule has 2 heterocycles. The Labute approximate surface area is 128 Å². The number of imide groups is 1. The van der Waals surface area contributed by atoms with E-state index in [9.17, 15) is 18.8 Å². The average molecular weight is 355 g/mol. The molecule has 5 nitrogen and oxygen atoms in total. The highest BCUT2D eigenvalue weighted by molar-refractivity contribution is 9.10. The fraction of sp³-hybridized carbons (Fsp3) is 0.357. The van der Waals surface area contributed by atoms with Crippen molar-refractivity contribution in [2.24, 2.45) is 0 Å². The number of carbonyl (C=O) groups excluding carboxylic acids is 3. The van der Waals surface area contributed by atoms with E-state index in [2.05, 4.69) is 21.2 Å². The van der Waals surface area contributed by atoms with Crippen LogP contribution in [0.3, 0.4) is 0 Å². The zero-order chi connectivity index (χ0) is 15.4. The van der Waals surface area contributed by atoms with E-state index in [0.717, 1.165) is 0 Å². The van der Waals surface area contributed by atoms with Gasteiger partial charge in [0, 0.05) is 17.5 Å². The van der Waals surface area contributed by atoms with Gasteiger partial charge in [-0.3, -0.25) is 19.7 Å². The third kappa shape index (κ3) is 1.98. The van der Waals surface area contributed by atoms with E-state index in [1.165, 1.54) is 11.0 Å². The summed E-state index contributed by atoms with van der Waals surface area (Å²) in [7, 11) is 0. The monoisotopic (exact) mass is 354 g/mol. The van der Waals surface area contributed by atoms with Crippen LogP contribution in [-0.4, -0.2) is 28.2 Å². The average Bonchev–Trinajstić information content (AvgIpc) is 2.77. The van der Waals surface area contributed by atoms with E-state index < -0.39 is 17.3 Å². The maximum absolute atomic E-state index is 14.1. The van der Waals surface area contributed by atoms with E-state index in [4.69, 9.17) is 0 Å². The molecule has 0 saturated carbocycles. The molecule has 21 heavy (non-hydrogen) atoms. The molecule has 1 atom stereocenters. The second-order valence-electron chi connectivity index (χ2n) is 5.43. The van der Waals surface area contributed by atoms with Gasteiger partial charge in [0.25, 0.3) is 11.8 Å². The third-order valence-corrected chi connectivity index (χ3v) is 4.78. The molecule has 1 saturated heterocycles. The van der Waals surface area contributed by atoms with Crippen molar-refractivity contribution < 1.29 is 18.8 Å². The van der Waals surface area contributed by atoms with Gasteiger partial charge >= 0.3 is 0 Å². The first-order valence-electron chi connectivity index (χ1n) is 6.48. The molecule has 1 fully saturated rings. The summed E-state index contributed by atoms with van der Waals surface area (Å²) in [6, 6.07) is 3.02. The molecule has 1 aromatic carbocycles. The molecule has 0 aliphatic carbocycles. The summed E-state index contributed by atoms with van der Waals surface area (Å²) in [4.78, 5) is 37.2. The largest absolute Gasteiger partial charge is 0.320 e. The Balaban J connectivity index is 2.00. The zero-order valence-corrected chi connectivity index (χ0v) is 12.8. The van der Waals surface area contributed by atoms with Crippen LogP contribution in [0.1, 0.15) is 35.7 Å². The van der Waals surface area contributed by atoms with E-state index in [1.807, 2.05) is 0 Å². The minimum atomic E-state index is -1.14. The molecule has 110 valence electrons. The first kappa shape index (κ1) is 14.2. The van der Waals surface area contributed by atoms with Gasteiger partial charge in [0.2, 0.25) is 5.91 Å². The molecule has 0 aromatic heterocycles. The summed E-state index contributed by atoms with van der Waals surface area (Å²) in [5.41, 5.74) is -0.593. The molecule has 0 radical (unpaired) electrons. The maximum atomic E-state index is 14.1. The number of benzene rings is 1. The molecular weight excluding hydrogens is 343 g/mol. The van der Waals surface area contributed by atoms with Crippen LogP contribution in [0.25, 0.3) is 0 Å². The van der Waals surface area contributed by atoms with Crippen LogP contribution in [0.15, 0.2) is 16.6 Å². The minimum absolute atomic E-state index is 0.0253. The van der Waals surface area contributed by atoms with Crippen molar-refractivity contribution in [2.75, 3.05) is 0 Å². The highest BCUT2D eigenvalue weighted by Gasteiger charge is 2.49. The summed E-state index contributed by atoms with van der Waals surface area (Å²) in [5, 5.41) is 2.25. The molecule has 1 aromatic rings. The summed E-state index contributed by atoms with van der Waals surface area (Å²) in [5.74, 6) is -1.74. The Morgan fingerprint density at radius 1 is 1.33 bits per heavy atom. The van der Waals surface area contributed by atoms with Crippen molar-refractivity contribution in [3.05, 3.63) is 33.5 Å². The number of rotatable bonds is 1. The van der Waals surface area contributed by atoms with Crippen molar-refractivity contribution in [3.8, 4) is 0 Å². The van der Waals surface area contributed by atoms with Crippen LogP contribution < -0.4 is 5.32 Å². The number of fused-ring (bicyclic) bond motifs is 1. The van der Waals surface area contributed by atoms with Crippen molar-refractivity contribution in [2.45, 2.75) is 31.8 Å².